The lowest BCUT2D eigenvalue weighted by molar-refractivity contribution is -0.0470. The van der Waals surface area contributed by atoms with Gasteiger partial charge < -0.3 is 14.8 Å². The monoisotopic (exact) mass is 290 g/mol. The Kier molecular flexibility index (Phi) is 5.25. The van der Waals surface area contributed by atoms with Crippen molar-refractivity contribution >= 4 is 0 Å². The van der Waals surface area contributed by atoms with Gasteiger partial charge in [-0.2, -0.15) is 0 Å². The van der Waals surface area contributed by atoms with Gasteiger partial charge in [0, 0.05) is 32.8 Å². The Labute approximate surface area is 127 Å². The normalized spacial score (nSPS) is 26.0. The smallest absolute Gasteiger partial charge is 0.0827 e. The molecule has 1 aromatic rings. The van der Waals surface area contributed by atoms with Crippen LogP contribution in [0, 0.1) is 0 Å². The van der Waals surface area contributed by atoms with Crippen molar-refractivity contribution in [1.29, 1.82) is 0 Å². The fraction of sp³-hybridized carbons (Fsp3) is 0.647. The first-order chi connectivity index (χ1) is 10.3. The standard InChI is InChI=1S/C17H26N2O2/c1-20-12-15-6-4-14(5-7-15)9-18-10-17-11-19-8-2-3-16(19)13-21-17/h4-7,16-18H,2-3,8-13H2,1H3. The zero-order chi connectivity index (χ0) is 14.5. The van der Waals surface area contributed by atoms with Crippen molar-refractivity contribution in [2.45, 2.75) is 38.1 Å². The first kappa shape index (κ1) is 15.0. The van der Waals surface area contributed by atoms with E-state index in [1.807, 2.05) is 0 Å². The number of rotatable bonds is 6. The van der Waals surface area contributed by atoms with Crippen molar-refractivity contribution in [2.24, 2.45) is 0 Å². The highest BCUT2D eigenvalue weighted by atomic mass is 16.5. The number of hydrogen-bond donors (Lipinski definition) is 1. The maximum atomic E-state index is 5.96. The number of fused-ring (bicyclic) bond motifs is 1. The van der Waals surface area contributed by atoms with Crippen LogP contribution in [0.5, 0.6) is 0 Å². The van der Waals surface area contributed by atoms with Gasteiger partial charge in [0.25, 0.3) is 0 Å². The summed E-state index contributed by atoms with van der Waals surface area (Å²) in [6, 6.07) is 9.28. The number of methoxy groups -OCH3 is 1. The van der Waals surface area contributed by atoms with Crippen LogP contribution in [0.25, 0.3) is 0 Å². The summed E-state index contributed by atoms with van der Waals surface area (Å²) in [6.45, 7) is 5.77. The van der Waals surface area contributed by atoms with Crippen LogP contribution >= 0.6 is 0 Å². The van der Waals surface area contributed by atoms with E-state index >= 15 is 0 Å². The van der Waals surface area contributed by atoms with Crippen LogP contribution in [0.3, 0.4) is 0 Å². The van der Waals surface area contributed by atoms with Crippen LogP contribution in [-0.4, -0.2) is 50.4 Å². The van der Waals surface area contributed by atoms with Gasteiger partial charge in [0.1, 0.15) is 0 Å². The molecule has 2 saturated heterocycles. The summed E-state index contributed by atoms with van der Waals surface area (Å²) in [4.78, 5) is 2.59. The summed E-state index contributed by atoms with van der Waals surface area (Å²) in [5.74, 6) is 0. The number of hydrogen-bond acceptors (Lipinski definition) is 4. The summed E-state index contributed by atoms with van der Waals surface area (Å²) in [7, 11) is 1.73. The van der Waals surface area contributed by atoms with E-state index < -0.39 is 0 Å². The van der Waals surface area contributed by atoms with Crippen molar-refractivity contribution in [2.75, 3.05) is 33.4 Å². The number of ether oxygens (including phenoxy) is 2. The Morgan fingerprint density at radius 3 is 2.90 bits per heavy atom. The van der Waals surface area contributed by atoms with Gasteiger partial charge in [0.05, 0.1) is 19.3 Å². The zero-order valence-corrected chi connectivity index (χ0v) is 12.9. The molecule has 0 radical (unpaired) electrons. The van der Waals surface area contributed by atoms with Crippen molar-refractivity contribution in [3.05, 3.63) is 35.4 Å². The zero-order valence-electron chi connectivity index (χ0n) is 12.9. The molecule has 3 rings (SSSR count). The predicted octanol–water partition coefficient (Wildman–Crippen LogP) is 1.79. The van der Waals surface area contributed by atoms with Crippen molar-refractivity contribution in [1.82, 2.24) is 10.2 Å². The number of nitrogens with one attached hydrogen (secondary N) is 1. The summed E-state index contributed by atoms with van der Waals surface area (Å²) >= 11 is 0. The summed E-state index contributed by atoms with van der Waals surface area (Å²) in [6.07, 6.45) is 2.99. The molecule has 116 valence electrons. The molecule has 2 aliphatic rings. The van der Waals surface area contributed by atoms with E-state index in [0.29, 0.717) is 18.8 Å². The van der Waals surface area contributed by atoms with Gasteiger partial charge in [-0.1, -0.05) is 24.3 Å². The molecule has 1 N–H and O–H groups in total. The number of morpholine rings is 1. The van der Waals surface area contributed by atoms with E-state index in [1.54, 1.807) is 7.11 Å². The topological polar surface area (TPSA) is 33.7 Å². The van der Waals surface area contributed by atoms with E-state index in [2.05, 4.69) is 34.5 Å². The molecular formula is C17H26N2O2. The minimum absolute atomic E-state index is 0.340. The van der Waals surface area contributed by atoms with Gasteiger partial charge >= 0.3 is 0 Å². The first-order valence-electron chi connectivity index (χ1n) is 7.98. The molecule has 0 saturated carbocycles. The fourth-order valence-electron chi connectivity index (χ4n) is 3.31. The molecule has 4 heteroatoms. The highest BCUT2D eigenvalue weighted by Crippen LogP contribution is 2.22. The Morgan fingerprint density at radius 1 is 1.29 bits per heavy atom. The minimum atomic E-state index is 0.340. The van der Waals surface area contributed by atoms with Gasteiger partial charge in [0.2, 0.25) is 0 Å². The van der Waals surface area contributed by atoms with Crippen LogP contribution in [0.4, 0.5) is 0 Å². The summed E-state index contributed by atoms with van der Waals surface area (Å²) in [5.41, 5.74) is 2.53. The maximum Gasteiger partial charge on any atom is 0.0827 e. The minimum Gasteiger partial charge on any atom is -0.380 e. The molecule has 21 heavy (non-hydrogen) atoms. The third-order valence-corrected chi connectivity index (χ3v) is 4.50. The average molecular weight is 290 g/mol. The molecule has 0 aromatic heterocycles. The van der Waals surface area contributed by atoms with Gasteiger partial charge in [-0.15, -0.1) is 0 Å². The molecule has 0 spiro atoms. The lowest BCUT2D eigenvalue weighted by Crippen LogP contribution is -2.49. The van der Waals surface area contributed by atoms with E-state index in [1.165, 1.54) is 30.5 Å². The molecule has 2 atom stereocenters. The van der Waals surface area contributed by atoms with Crippen LogP contribution < -0.4 is 5.32 Å². The predicted molar refractivity (Wildman–Crippen MR) is 83.2 cm³/mol. The van der Waals surface area contributed by atoms with Crippen molar-refractivity contribution in [3.8, 4) is 0 Å². The first-order valence-corrected chi connectivity index (χ1v) is 7.98. The molecular weight excluding hydrogens is 264 g/mol. The lowest BCUT2D eigenvalue weighted by Gasteiger charge is -2.35. The Bertz CT molecular complexity index is 435. The van der Waals surface area contributed by atoms with Gasteiger partial charge in [-0.3, -0.25) is 4.90 Å². The van der Waals surface area contributed by atoms with Crippen molar-refractivity contribution < 1.29 is 9.47 Å². The number of nitrogens with zero attached hydrogens (tertiary/aromatic N) is 1. The SMILES string of the molecule is COCc1ccc(CNCC2CN3CCCC3CO2)cc1. The average Bonchev–Trinajstić information content (AvgIpc) is 2.97. The summed E-state index contributed by atoms with van der Waals surface area (Å²) in [5, 5.41) is 3.52. The van der Waals surface area contributed by atoms with Crippen LogP contribution in [0.1, 0.15) is 24.0 Å². The van der Waals surface area contributed by atoms with E-state index in [0.717, 1.165) is 26.2 Å². The number of benzene rings is 1. The van der Waals surface area contributed by atoms with Gasteiger partial charge in [-0.25, -0.2) is 0 Å². The lowest BCUT2D eigenvalue weighted by atomic mass is 10.1. The molecule has 1 aromatic carbocycles. The maximum absolute atomic E-state index is 5.96. The largest absolute Gasteiger partial charge is 0.380 e. The molecule has 0 bridgehead atoms. The molecule has 2 aliphatic heterocycles. The second kappa shape index (κ2) is 7.36. The fourth-order valence-corrected chi connectivity index (χ4v) is 3.31. The Balaban J connectivity index is 1.39. The molecule has 0 amide bonds. The van der Waals surface area contributed by atoms with E-state index in [4.69, 9.17) is 9.47 Å². The van der Waals surface area contributed by atoms with Gasteiger partial charge in [-0.05, 0) is 30.5 Å². The highest BCUT2D eigenvalue weighted by molar-refractivity contribution is 5.21. The third kappa shape index (κ3) is 4.04. The molecule has 2 fully saturated rings. The van der Waals surface area contributed by atoms with E-state index in [9.17, 15) is 0 Å². The van der Waals surface area contributed by atoms with Crippen LogP contribution in [0.2, 0.25) is 0 Å². The highest BCUT2D eigenvalue weighted by Gasteiger charge is 2.31. The molecule has 2 heterocycles. The second-order valence-electron chi connectivity index (χ2n) is 6.13. The van der Waals surface area contributed by atoms with E-state index in [-0.39, 0.29) is 0 Å². The van der Waals surface area contributed by atoms with Crippen LogP contribution in [0.15, 0.2) is 24.3 Å². The Hall–Kier alpha value is -0.940. The third-order valence-electron chi connectivity index (χ3n) is 4.50. The van der Waals surface area contributed by atoms with Gasteiger partial charge in [0.15, 0.2) is 0 Å². The molecule has 0 aliphatic carbocycles. The molecule has 4 nitrogen and oxygen atoms in total. The quantitative estimate of drug-likeness (QED) is 0.866. The summed E-state index contributed by atoms with van der Waals surface area (Å²) < 4.78 is 11.1. The second-order valence-corrected chi connectivity index (χ2v) is 6.13. The van der Waals surface area contributed by atoms with Crippen LogP contribution in [-0.2, 0) is 22.6 Å². The Morgan fingerprint density at radius 2 is 2.10 bits per heavy atom. The van der Waals surface area contributed by atoms with Crippen molar-refractivity contribution in [3.63, 3.8) is 0 Å². The molecule has 2 unspecified atom stereocenters.